The molecule has 0 fully saturated rings. The first-order chi connectivity index (χ1) is 10.2. The summed E-state index contributed by atoms with van der Waals surface area (Å²) in [6, 6.07) is 8.00. The molecule has 0 amide bonds. The van der Waals surface area contributed by atoms with Crippen molar-refractivity contribution in [2.45, 2.75) is 19.9 Å². The molecule has 2 aromatic rings. The minimum Gasteiger partial charge on any atom is -0.497 e. The molecular formula is C15H21N5O. The van der Waals surface area contributed by atoms with Crippen molar-refractivity contribution in [2.24, 2.45) is 5.84 Å². The van der Waals surface area contributed by atoms with Crippen LogP contribution in [0.2, 0.25) is 0 Å². The van der Waals surface area contributed by atoms with Crippen molar-refractivity contribution < 1.29 is 4.74 Å². The van der Waals surface area contributed by atoms with E-state index >= 15 is 0 Å². The first-order valence-electron chi connectivity index (χ1n) is 6.84. The van der Waals surface area contributed by atoms with Gasteiger partial charge in [0.1, 0.15) is 23.7 Å². The summed E-state index contributed by atoms with van der Waals surface area (Å²) in [5, 5.41) is 0. The maximum absolute atomic E-state index is 5.51. The summed E-state index contributed by atoms with van der Waals surface area (Å²) >= 11 is 0. The molecular weight excluding hydrogens is 266 g/mol. The Kier molecular flexibility index (Phi) is 4.94. The molecule has 0 saturated heterocycles. The van der Waals surface area contributed by atoms with Gasteiger partial charge in [-0.05, 0) is 24.1 Å². The van der Waals surface area contributed by atoms with E-state index in [0.717, 1.165) is 35.7 Å². The number of nitrogen functional groups attached to an aromatic ring is 1. The average Bonchev–Trinajstić information content (AvgIpc) is 2.53. The van der Waals surface area contributed by atoms with Crippen LogP contribution in [-0.4, -0.2) is 24.1 Å². The number of rotatable bonds is 6. The number of aromatic nitrogens is 2. The van der Waals surface area contributed by atoms with Crippen LogP contribution < -0.4 is 20.9 Å². The van der Waals surface area contributed by atoms with Crippen LogP contribution in [0.4, 0.5) is 11.6 Å². The topological polar surface area (TPSA) is 76.3 Å². The largest absolute Gasteiger partial charge is 0.497 e. The Hall–Kier alpha value is -2.34. The van der Waals surface area contributed by atoms with Gasteiger partial charge in [-0.25, -0.2) is 15.8 Å². The average molecular weight is 287 g/mol. The van der Waals surface area contributed by atoms with Crippen molar-refractivity contribution in [2.75, 3.05) is 24.5 Å². The number of nitrogens with two attached hydrogens (primary N) is 1. The third-order valence-electron chi connectivity index (χ3n) is 3.33. The summed E-state index contributed by atoms with van der Waals surface area (Å²) in [6.07, 6.45) is 2.32. The number of hydrogen-bond donors (Lipinski definition) is 2. The highest BCUT2D eigenvalue weighted by Crippen LogP contribution is 2.24. The molecule has 1 aromatic heterocycles. The first-order valence-corrected chi connectivity index (χ1v) is 6.84. The number of ether oxygens (including phenoxy) is 1. The molecule has 0 aliphatic heterocycles. The van der Waals surface area contributed by atoms with Crippen LogP contribution in [0.25, 0.3) is 0 Å². The molecule has 2 rings (SSSR count). The Morgan fingerprint density at radius 1 is 1.33 bits per heavy atom. The van der Waals surface area contributed by atoms with Crippen LogP contribution >= 0.6 is 0 Å². The highest BCUT2D eigenvalue weighted by molar-refractivity contribution is 5.58. The summed E-state index contributed by atoms with van der Waals surface area (Å²) in [7, 11) is 3.67. The molecule has 0 bridgehead atoms. The number of hydrogen-bond acceptors (Lipinski definition) is 6. The van der Waals surface area contributed by atoms with E-state index in [1.54, 1.807) is 7.11 Å². The van der Waals surface area contributed by atoms with E-state index in [1.165, 1.54) is 6.33 Å². The van der Waals surface area contributed by atoms with E-state index in [4.69, 9.17) is 10.6 Å². The van der Waals surface area contributed by atoms with Gasteiger partial charge in [0, 0.05) is 19.2 Å². The van der Waals surface area contributed by atoms with Crippen LogP contribution in [0.5, 0.6) is 5.75 Å². The van der Waals surface area contributed by atoms with Crippen LogP contribution in [0.15, 0.2) is 30.6 Å². The molecule has 1 aromatic carbocycles. The standard InChI is InChI=1S/C15H21N5O/c1-4-13-14(19-16)17-10-18-15(13)20(2)9-11-6-5-7-12(8-11)21-3/h5-8,10H,4,9,16H2,1-3H3,(H,17,18,19). The summed E-state index contributed by atoms with van der Waals surface area (Å²) in [6.45, 7) is 2.79. The van der Waals surface area contributed by atoms with Gasteiger partial charge in [-0.15, -0.1) is 0 Å². The molecule has 0 aliphatic carbocycles. The van der Waals surface area contributed by atoms with E-state index in [-0.39, 0.29) is 0 Å². The van der Waals surface area contributed by atoms with E-state index in [2.05, 4.69) is 33.3 Å². The Bertz CT molecular complexity index is 602. The third kappa shape index (κ3) is 3.41. The maximum atomic E-state index is 5.51. The van der Waals surface area contributed by atoms with Gasteiger partial charge < -0.3 is 15.1 Å². The Morgan fingerprint density at radius 2 is 2.14 bits per heavy atom. The second-order valence-corrected chi connectivity index (χ2v) is 4.73. The highest BCUT2D eigenvalue weighted by Gasteiger charge is 2.13. The van der Waals surface area contributed by atoms with Crippen molar-refractivity contribution in [3.05, 3.63) is 41.7 Å². The molecule has 112 valence electrons. The lowest BCUT2D eigenvalue weighted by atomic mass is 10.1. The molecule has 21 heavy (non-hydrogen) atoms. The first kappa shape index (κ1) is 15.1. The summed E-state index contributed by atoms with van der Waals surface area (Å²) < 4.78 is 5.25. The summed E-state index contributed by atoms with van der Waals surface area (Å²) in [5.41, 5.74) is 4.78. The van der Waals surface area contributed by atoms with Gasteiger partial charge in [0.25, 0.3) is 0 Å². The molecule has 0 spiro atoms. The quantitative estimate of drug-likeness (QED) is 0.625. The molecule has 0 radical (unpaired) electrons. The van der Waals surface area contributed by atoms with Gasteiger partial charge in [-0.2, -0.15) is 0 Å². The van der Waals surface area contributed by atoms with Crippen molar-refractivity contribution in [3.8, 4) is 5.75 Å². The zero-order chi connectivity index (χ0) is 15.2. The fraction of sp³-hybridized carbons (Fsp3) is 0.333. The van der Waals surface area contributed by atoms with Gasteiger partial charge in [0.05, 0.1) is 7.11 Å². The Balaban J connectivity index is 2.25. The molecule has 6 heteroatoms. The van der Waals surface area contributed by atoms with Gasteiger partial charge in [-0.3, -0.25) is 0 Å². The van der Waals surface area contributed by atoms with Crippen LogP contribution in [0, 0.1) is 0 Å². The molecule has 3 N–H and O–H groups in total. The lowest BCUT2D eigenvalue weighted by molar-refractivity contribution is 0.414. The lowest BCUT2D eigenvalue weighted by Crippen LogP contribution is -2.21. The van der Waals surface area contributed by atoms with E-state index in [0.29, 0.717) is 5.82 Å². The monoisotopic (exact) mass is 287 g/mol. The van der Waals surface area contributed by atoms with Gasteiger partial charge >= 0.3 is 0 Å². The molecule has 0 aliphatic rings. The second kappa shape index (κ2) is 6.90. The van der Waals surface area contributed by atoms with Crippen molar-refractivity contribution in [3.63, 3.8) is 0 Å². The molecule has 1 heterocycles. The van der Waals surface area contributed by atoms with Crippen molar-refractivity contribution >= 4 is 11.6 Å². The molecule has 0 unspecified atom stereocenters. The van der Waals surface area contributed by atoms with Gasteiger partial charge in [0.2, 0.25) is 0 Å². The normalized spacial score (nSPS) is 10.3. The third-order valence-corrected chi connectivity index (χ3v) is 3.33. The number of anilines is 2. The highest BCUT2D eigenvalue weighted by atomic mass is 16.5. The number of hydrazine groups is 1. The number of nitrogens with one attached hydrogen (secondary N) is 1. The maximum Gasteiger partial charge on any atom is 0.148 e. The minimum atomic E-state index is 0.667. The summed E-state index contributed by atoms with van der Waals surface area (Å²) in [5.74, 6) is 7.91. The molecule has 6 nitrogen and oxygen atoms in total. The smallest absolute Gasteiger partial charge is 0.148 e. The predicted octanol–water partition coefficient (Wildman–Crippen LogP) is 1.97. The number of benzene rings is 1. The zero-order valence-electron chi connectivity index (χ0n) is 12.6. The Labute approximate surface area is 124 Å². The van der Waals surface area contributed by atoms with Crippen LogP contribution in [0.3, 0.4) is 0 Å². The van der Waals surface area contributed by atoms with Crippen LogP contribution in [-0.2, 0) is 13.0 Å². The van der Waals surface area contributed by atoms with E-state index in [1.807, 2.05) is 25.2 Å². The second-order valence-electron chi connectivity index (χ2n) is 4.73. The molecule has 0 atom stereocenters. The zero-order valence-corrected chi connectivity index (χ0v) is 12.6. The van der Waals surface area contributed by atoms with E-state index in [9.17, 15) is 0 Å². The van der Waals surface area contributed by atoms with Crippen molar-refractivity contribution in [1.82, 2.24) is 9.97 Å². The fourth-order valence-corrected chi connectivity index (χ4v) is 2.30. The lowest BCUT2D eigenvalue weighted by Gasteiger charge is -2.22. The predicted molar refractivity (Wildman–Crippen MR) is 84.3 cm³/mol. The van der Waals surface area contributed by atoms with E-state index < -0.39 is 0 Å². The van der Waals surface area contributed by atoms with Crippen LogP contribution in [0.1, 0.15) is 18.1 Å². The molecule has 0 saturated carbocycles. The number of nitrogens with zero attached hydrogens (tertiary/aromatic N) is 3. The van der Waals surface area contributed by atoms with Crippen molar-refractivity contribution in [1.29, 1.82) is 0 Å². The van der Waals surface area contributed by atoms with Gasteiger partial charge in [0.15, 0.2) is 0 Å². The Morgan fingerprint density at radius 3 is 2.81 bits per heavy atom. The summed E-state index contributed by atoms with van der Waals surface area (Å²) in [4.78, 5) is 10.6. The fourth-order valence-electron chi connectivity index (χ4n) is 2.30. The SMILES string of the molecule is CCc1c(NN)ncnc1N(C)Cc1cccc(OC)c1. The minimum absolute atomic E-state index is 0.667. The number of methoxy groups -OCH3 is 1. The van der Waals surface area contributed by atoms with Gasteiger partial charge in [-0.1, -0.05) is 19.1 Å².